The van der Waals surface area contributed by atoms with E-state index in [9.17, 15) is 10.1 Å². The van der Waals surface area contributed by atoms with Gasteiger partial charge in [0.05, 0.1) is 29.4 Å². The fourth-order valence-corrected chi connectivity index (χ4v) is 3.67. The van der Waals surface area contributed by atoms with E-state index >= 15 is 0 Å². The molecule has 0 fully saturated rings. The molecule has 0 unspecified atom stereocenters. The van der Waals surface area contributed by atoms with E-state index in [0.29, 0.717) is 41.9 Å². The zero-order chi connectivity index (χ0) is 22.1. The van der Waals surface area contributed by atoms with Gasteiger partial charge in [0.25, 0.3) is 0 Å². The number of benzene rings is 1. The second-order valence-electron chi connectivity index (χ2n) is 8.25. The summed E-state index contributed by atoms with van der Waals surface area (Å²) in [5.41, 5.74) is 3.39. The number of nitrogens with zero attached hydrogens (tertiary/aromatic N) is 4. The summed E-state index contributed by atoms with van der Waals surface area (Å²) in [6.07, 6.45) is 2.16. The molecule has 8 heteroatoms. The number of nitriles is 1. The summed E-state index contributed by atoms with van der Waals surface area (Å²) in [5, 5.41) is 9.82. The van der Waals surface area contributed by atoms with Gasteiger partial charge in [0.2, 0.25) is 5.88 Å². The maximum absolute atomic E-state index is 12.6. The molecule has 1 aromatic heterocycles. The number of hydrogen-bond acceptors (Lipinski definition) is 7. The third-order valence-electron chi connectivity index (χ3n) is 4.62. The van der Waals surface area contributed by atoms with Gasteiger partial charge in [-0.25, -0.2) is 9.78 Å². The second-order valence-corrected chi connectivity index (χ2v) is 9.02. The highest BCUT2D eigenvalue weighted by Crippen LogP contribution is 2.35. The Morgan fingerprint density at radius 3 is 2.47 bits per heavy atom. The topological polar surface area (TPSA) is 88.3 Å². The van der Waals surface area contributed by atoms with E-state index in [1.807, 2.05) is 40.9 Å². The predicted molar refractivity (Wildman–Crippen MR) is 115 cm³/mol. The number of fused-ring (bicyclic) bond motifs is 1. The Kier molecular flexibility index (Phi) is 6.22. The summed E-state index contributed by atoms with van der Waals surface area (Å²) in [6.45, 7) is 10.2. The second kappa shape index (κ2) is 8.52. The van der Waals surface area contributed by atoms with Crippen molar-refractivity contribution in [1.82, 2.24) is 14.9 Å². The van der Waals surface area contributed by atoms with E-state index in [-0.39, 0.29) is 6.09 Å². The van der Waals surface area contributed by atoms with Crippen LogP contribution in [0.3, 0.4) is 0 Å². The summed E-state index contributed by atoms with van der Waals surface area (Å²) in [7, 11) is 0. The van der Waals surface area contributed by atoms with E-state index < -0.39 is 5.60 Å². The Balaban J connectivity index is 1.97. The summed E-state index contributed by atoms with van der Waals surface area (Å²) in [6, 6.07) is 5.74. The highest BCUT2D eigenvalue weighted by molar-refractivity contribution is 7.98. The fourth-order valence-electron chi connectivity index (χ4n) is 3.29. The van der Waals surface area contributed by atoms with Gasteiger partial charge in [0, 0.05) is 13.0 Å². The number of carbonyl (C=O) groups is 1. The molecule has 3 rings (SSSR count). The molecule has 0 saturated heterocycles. The molecular weight excluding hydrogens is 400 g/mol. The number of ether oxygens (including phenoxy) is 2. The molecule has 158 valence electrons. The van der Waals surface area contributed by atoms with E-state index in [4.69, 9.17) is 9.47 Å². The number of aromatic nitrogens is 2. The first-order valence-electron chi connectivity index (χ1n) is 9.72. The first kappa shape index (κ1) is 21.9. The van der Waals surface area contributed by atoms with Gasteiger partial charge in [-0.15, -0.1) is 0 Å². The Morgan fingerprint density at radius 1 is 1.23 bits per heavy atom. The lowest BCUT2D eigenvalue weighted by Crippen LogP contribution is -2.40. The highest BCUT2D eigenvalue weighted by Gasteiger charge is 2.30. The molecule has 2 heterocycles. The van der Waals surface area contributed by atoms with Crippen LogP contribution in [0.4, 0.5) is 4.79 Å². The first-order chi connectivity index (χ1) is 14.1. The van der Waals surface area contributed by atoms with Crippen molar-refractivity contribution in [3.63, 3.8) is 0 Å². The van der Waals surface area contributed by atoms with Crippen molar-refractivity contribution < 1.29 is 14.3 Å². The molecule has 0 N–H and O–H groups in total. The van der Waals surface area contributed by atoms with Gasteiger partial charge in [-0.2, -0.15) is 10.2 Å². The summed E-state index contributed by atoms with van der Waals surface area (Å²) in [5.74, 6) is 1.10. The van der Waals surface area contributed by atoms with Crippen LogP contribution in [0.2, 0.25) is 0 Å². The molecule has 0 radical (unpaired) electrons. The van der Waals surface area contributed by atoms with E-state index in [2.05, 4.69) is 16.0 Å². The Hall–Kier alpha value is -2.79. The van der Waals surface area contributed by atoms with Crippen LogP contribution in [-0.2, 0) is 17.7 Å². The van der Waals surface area contributed by atoms with Crippen LogP contribution in [0, 0.1) is 25.2 Å². The molecule has 0 saturated carbocycles. The average molecular weight is 427 g/mol. The molecule has 1 amide bonds. The molecule has 0 bridgehead atoms. The predicted octanol–water partition coefficient (Wildman–Crippen LogP) is 4.77. The van der Waals surface area contributed by atoms with E-state index in [1.165, 1.54) is 11.8 Å². The maximum atomic E-state index is 12.6. The maximum Gasteiger partial charge on any atom is 0.410 e. The van der Waals surface area contributed by atoms with Gasteiger partial charge in [-0.1, -0.05) is 11.8 Å². The minimum atomic E-state index is -0.563. The number of carbonyl (C=O) groups excluding carboxylic acids is 1. The highest BCUT2D eigenvalue weighted by atomic mass is 32.2. The van der Waals surface area contributed by atoms with Crippen LogP contribution in [0.15, 0.2) is 17.3 Å². The van der Waals surface area contributed by atoms with Crippen molar-refractivity contribution in [1.29, 1.82) is 5.26 Å². The number of rotatable bonds is 3. The summed E-state index contributed by atoms with van der Waals surface area (Å²) in [4.78, 5) is 23.4. The smallest absolute Gasteiger partial charge is 0.410 e. The quantitative estimate of drug-likeness (QED) is 0.516. The molecule has 2 aromatic rings. The molecule has 0 spiro atoms. The van der Waals surface area contributed by atoms with E-state index in [0.717, 1.165) is 22.4 Å². The van der Waals surface area contributed by atoms with Crippen molar-refractivity contribution in [2.24, 2.45) is 0 Å². The third kappa shape index (κ3) is 4.85. The lowest BCUT2D eigenvalue weighted by atomic mass is 10.1. The zero-order valence-electron chi connectivity index (χ0n) is 18.2. The van der Waals surface area contributed by atoms with Crippen LogP contribution in [-0.4, -0.2) is 39.4 Å². The van der Waals surface area contributed by atoms with Gasteiger partial charge in [-0.05, 0) is 64.1 Å². The molecule has 30 heavy (non-hydrogen) atoms. The van der Waals surface area contributed by atoms with Crippen molar-refractivity contribution in [3.05, 3.63) is 40.1 Å². The average Bonchev–Trinajstić information content (AvgIpc) is 2.68. The standard InChI is InChI=1S/C22H26N4O3S/c1-13-9-15(11-23)10-14(2)18(13)28-19-16-12-26(21(27)29-22(3,4)5)8-7-17(16)24-20(25-19)30-6/h9-10H,7-8,12H2,1-6H3. The van der Waals surface area contributed by atoms with Gasteiger partial charge in [0.1, 0.15) is 11.4 Å². The van der Waals surface area contributed by atoms with Crippen LogP contribution < -0.4 is 4.74 Å². The number of amides is 1. The van der Waals surface area contributed by atoms with Crippen molar-refractivity contribution in [3.8, 4) is 17.7 Å². The van der Waals surface area contributed by atoms with E-state index in [1.54, 1.807) is 17.0 Å². The molecule has 1 aliphatic rings. The number of hydrogen-bond donors (Lipinski definition) is 0. The van der Waals surface area contributed by atoms with Gasteiger partial charge < -0.3 is 14.4 Å². The molecule has 1 aliphatic heterocycles. The molecule has 0 aliphatic carbocycles. The normalized spacial score (nSPS) is 13.4. The third-order valence-corrected chi connectivity index (χ3v) is 5.17. The number of thioether (sulfide) groups is 1. The SMILES string of the molecule is CSc1nc2c(c(Oc3c(C)cc(C#N)cc3C)n1)CN(C(=O)OC(C)(C)C)CC2. The molecule has 0 atom stereocenters. The fraction of sp³-hybridized carbons (Fsp3) is 0.455. The minimum absolute atomic E-state index is 0.322. The summed E-state index contributed by atoms with van der Waals surface area (Å²) >= 11 is 1.45. The molecular formula is C22H26N4O3S. The zero-order valence-corrected chi connectivity index (χ0v) is 19.0. The van der Waals surface area contributed by atoms with Crippen LogP contribution in [0.1, 0.15) is 48.7 Å². The van der Waals surface area contributed by atoms with Crippen molar-refractivity contribution >= 4 is 17.9 Å². The lowest BCUT2D eigenvalue weighted by Gasteiger charge is -2.31. The minimum Gasteiger partial charge on any atom is -0.444 e. The van der Waals surface area contributed by atoms with Gasteiger partial charge in [-0.3, -0.25) is 0 Å². The summed E-state index contributed by atoms with van der Waals surface area (Å²) < 4.78 is 11.8. The van der Waals surface area contributed by atoms with Crippen molar-refractivity contribution in [2.45, 2.75) is 58.3 Å². The van der Waals surface area contributed by atoms with Crippen molar-refractivity contribution in [2.75, 3.05) is 12.8 Å². The molecule has 1 aromatic carbocycles. The lowest BCUT2D eigenvalue weighted by molar-refractivity contribution is 0.0221. The monoisotopic (exact) mass is 426 g/mol. The first-order valence-corrected chi connectivity index (χ1v) is 10.9. The Bertz CT molecular complexity index is 1000. The number of aryl methyl sites for hydroxylation is 2. The van der Waals surface area contributed by atoms with Gasteiger partial charge >= 0.3 is 6.09 Å². The molecule has 7 nitrogen and oxygen atoms in total. The largest absolute Gasteiger partial charge is 0.444 e. The Morgan fingerprint density at radius 2 is 1.90 bits per heavy atom. The van der Waals surface area contributed by atoms with Crippen LogP contribution in [0.25, 0.3) is 0 Å². The Labute approximate surface area is 181 Å². The van der Waals surface area contributed by atoms with Crippen LogP contribution in [0.5, 0.6) is 11.6 Å². The van der Waals surface area contributed by atoms with Crippen LogP contribution >= 0.6 is 11.8 Å². The van der Waals surface area contributed by atoms with Gasteiger partial charge in [0.15, 0.2) is 5.16 Å².